The molecule has 0 saturated heterocycles. The van der Waals surface area contributed by atoms with Crippen molar-refractivity contribution in [1.82, 2.24) is 5.06 Å². The fraction of sp³-hybridized carbons (Fsp3) is 0.571. The summed E-state index contributed by atoms with van der Waals surface area (Å²) in [5.41, 5.74) is 0.619. The quantitative estimate of drug-likeness (QED) is 0.426. The molecule has 0 aromatic carbocycles. The van der Waals surface area contributed by atoms with Crippen molar-refractivity contribution in [2.75, 3.05) is 14.1 Å². The number of hydrogen-bond donors (Lipinski definition) is 0. The molecule has 58 valence electrons. The van der Waals surface area contributed by atoms with Gasteiger partial charge in [-0.05, 0) is 13.8 Å². The second-order valence-corrected chi connectivity index (χ2v) is 2.16. The van der Waals surface area contributed by atoms with Crippen LogP contribution in [0.3, 0.4) is 0 Å². The highest BCUT2D eigenvalue weighted by atomic mass is 16.7. The largest absolute Gasteiger partial charge is 0.365 e. The molecule has 0 fully saturated rings. The Kier molecular flexibility index (Phi) is 3.72. The van der Waals surface area contributed by atoms with E-state index in [2.05, 4.69) is 0 Å². The smallest absolute Gasteiger partial charge is 0.352 e. The maximum atomic E-state index is 10.9. The van der Waals surface area contributed by atoms with Crippen molar-refractivity contribution in [2.45, 2.75) is 13.8 Å². The minimum atomic E-state index is -0.299. The predicted molar refractivity (Wildman–Crippen MR) is 39.2 cm³/mol. The average Bonchev–Trinajstić information content (AvgIpc) is 1.85. The lowest BCUT2D eigenvalue weighted by atomic mass is 10.3. The van der Waals surface area contributed by atoms with Crippen molar-refractivity contribution in [2.24, 2.45) is 0 Å². The average molecular weight is 143 g/mol. The van der Waals surface area contributed by atoms with Crippen LogP contribution in [0.2, 0.25) is 0 Å². The molecular weight excluding hydrogens is 130 g/mol. The summed E-state index contributed by atoms with van der Waals surface area (Å²) < 4.78 is 0. The van der Waals surface area contributed by atoms with Gasteiger partial charge >= 0.3 is 5.97 Å². The van der Waals surface area contributed by atoms with Gasteiger partial charge in [0.15, 0.2) is 0 Å². The molecule has 0 atom stereocenters. The van der Waals surface area contributed by atoms with E-state index in [9.17, 15) is 4.79 Å². The highest BCUT2D eigenvalue weighted by Crippen LogP contribution is 1.95. The number of allylic oxidation sites excluding steroid dienone is 1. The summed E-state index contributed by atoms with van der Waals surface area (Å²) in [6, 6.07) is 0. The number of hydrogen-bond acceptors (Lipinski definition) is 3. The Bertz CT molecular complexity index is 150. The summed E-state index contributed by atoms with van der Waals surface area (Å²) in [6.45, 7) is 3.51. The molecule has 0 saturated carbocycles. The molecule has 10 heavy (non-hydrogen) atoms. The van der Waals surface area contributed by atoms with E-state index in [-0.39, 0.29) is 5.97 Å². The first-order valence-electron chi connectivity index (χ1n) is 3.10. The molecule has 0 rings (SSSR count). The molecule has 0 aliphatic carbocycles. The van der Waals surface area contributed by atoms with Gasteiger partial charge < -0.3 is 4.84 Å². The van der Waals surface area contributed by atoms with E-state index in [0.717, 1.165) is 0 Å². The van der Waals surface area contributed by atoms with Crippen LogP contribution < -0.4 is 0 Å². The van der Waals surface area contributed by atoms with E-state index in [0.29, 0.717) is 5.57 Å². The van der Waals surface area contributed by atoms with Crippen LogP contribution in [0, 0.1) is 0 Å². The Labute approximate surface area is 61.2 Å². The zero-order chi connectivity index (χ0) is 8.15. The Morgan fingerprint density at radius 1 is 1.50 bits per heavy atom. The molecule has 0 bridgehead atoms. The second-order valence-electron chi connectivity index (χ2n) is 2.16. The van der Waals surface area contributed by atoms with Crippen LogP contribution in [0.25, 0.3) is 0 Å². The van der Waals surface area contributed by atoms with Crippen LogP contribution >= 0.6 is 0 Å². The van der Waals surface area contributed by atoms with E-state index >= 15 is 0 Å². The number of carbonyl (C=O) groups excluding carboxylic acids is 1. The van der Waals surface area contributed by atoms with Gasteiger partial charge in [-0.1, -0.05) is 6.08 Å². The van der Waals surface area contributed by atoms with Crippen molar-refractivity contribution >= 4 is 5.97 Å². The first-order valence-corrected chi connectivity index (χ1v) is 3.10. The van der Waals surface area contributed by atoms with Gasteiger partial charge in [0.1, 0.15) is 0 Å². The first kappa shape index (κ1) is 9.17. The van der Waals surface area contributed by atoms with Gasteiger partial charge in [0, 0.05) is 19.7 Å². The molecule has 0 radical (unpaired) electrons. The zero-order valence-corrected chi connectivity index (χ0v) is 6.84. The maximum absolute atomic E-state index is 10.9. The van der Waals surface area contributed by atoms with E-state index in [4.69, 9.17) is 4.84 Å². The van der Waals surface area contributed by atoms with Crippen LogP contribution in [0.5, 0.6) is 0 Å². The number of nitrogens with zero attached hydrogens (tertiary/aromatic N) is 1. The summed E-state index contributed by atoms with van der Waals surface area (Å²) in [7, 11) is 3.34. The van der Waals surface area contributed by atoms with Gasteiger partial charge in [0.05, 0.1) is 0 Å². The van der Waals surface area contributed by atoms with Crippen LogP contribution in [-0.4, -0.2) is 25.1 Å². The van der Waals surface area contributed by atoms with Crippen molar-refractivity contribution in [1.29, 1.82) is 0 Å². The molecule has 3 nitrogen and oxygen atoms in total. The third-order valence-electron chi connectivity index (χ3n) is 1.02. The van der Waals surface area contributed by atoms with E-state index < -0.39 is 0 Å². The Balaban J connectivity index is 3.86. The molecule has 0 heterocycles. The highest BCUT2D eigenvalue weighted by molar-refractivity contribution is 5.87. The van der Waals surface area contributed by atoms with Gasteiger partial charge in [-0.2, -0.15) is 0 Å². The van der Waals surface area contributed by atoms with Crippen molar-refractivity contribution < 1.29 is 9.63 Å². The molecule has 0 amide bonds. The Morgan fingerprint density at radius 3 is 2.30 bits per heavy atom. The van der Waals surface area contributed by atoms with Gasteiger partial charge in [0.2, 0.25) is 0 Å². The summed E-state index contributed by atoms with van der Waals surface area (Å²) in [4.78, 5) is 15.6. The van der Waals surface area contributed by atoms with Gasteiger partial charge in [-0.3, -0.25) is 0 Å². The molecule has 0 aliphatic heterocycles. The second kappa shape index (κ2) is 4.06. The summed E-state index contributed by atoms with van der Waals surface area (Å²) >= 11 is 0. The monoisotopic (exact) mass is 143 g/mol. The summed E-state index contributed by atoms with van der Waals surface area (Å²) in [5, 5.41) is 1.37. The fourth-order valence-electron chi connectivity index (χ4n) is 0.356. The zero-order valence-electron chi connectivity index (χ0n) is 6.84. The van der Waals surface area contributed by atoms with E-state index in [1.54, 1.807) is 34.0 Å². The predicted octanol–water partition coefficient (Wildman–Crippen LogP) is 0.972. The topological polar surface area (TPSA) is 29.5 Å². The highest BCUT2D eigenvalue weighted by Gasteiger charge is 2.04. The number of hydroxylamine groups is 2. The SMILES string of the molecule is CC=C(C)C(=O)ON(C)C. The lowest BCUT2D eigenvalue weighted by Crippen LogP contribution is -2.18. The lowest BCUT2D eigenvalue weighted by Gasteiger charge is -2.09. The Morgan fingerprint density at radius 2 is 2.00 bits per heavy atom. The van der Waals surface area contributed by atoms with Crippen LogP contribution in [0.15, 0.2) is 11.6 Å². The molecule has 0 aromatic rings. The first-order chi connectivity index (χ1) is 4.57. The van der Waals surface area contributed by atoms with Crippen molar-refractivity contribution in [3.05, 3.63) is 11.6 Å². The van der Waals surface area contributed by atoms with Gasteiger partial charge in [-0.25, -0.2) is 4.79 Å². The number of carbonyl (C=O) groups is 1. The Hall–Kier alpha value is -0.830. The minimum Gasteiger partial charge on any atom is -0.365 e. The molecule has 0 aromatic heterocycles. The molecule has 3 heteroatoms. The van der Waals surface area contributed by atoms with Crippen LogP contribution in [-0.2, 0) is 9.63 Å². The standard InChI is InChI=1S/C7H13NO2/c1-5-6(2)7(9)10-8(3)4/h5H,1-4H3. The van der Waals surface area contributed by atoms with Crippen molar-refractivity contribution in [3.8, 4) is 0 Å². The van der Waals surface area contributed by atoms with E-state index in [1.807, 2.05) is 0 Å². The molecule has 0 N–H and O–H groups in total. The van der Waals surface area contributed by atoms with Gasteiger partial charge in [0.25, 0.3) is 0 Å². The molecular formula is C7H13NO2. The maximum Gasteiger partial charge on any atom is 0.352 e. The molecule has 0 spiro atoms. The third kappa shape index (κ3) is 3.25. The lowest BCUT2D eigenvalue weighted by molar-refractivity contribution is -0.172. The van der Waals surface area contributed by atoms with E-state index in [1.165, 1.54) is 5.06 Å². The van der Waals surface area contributed by atoms with Crippen molar-refractivity contribution in [3.63, 3.8) is 0 Å². The normalized spacial score (nSPS) is 11.9. The molecule has 0 unspecified atom stereocenters. The minimum absolute atomic E-state index is 0.299. The molecule has 0 aliphatic rings. The number of rotatable bonds is 2. The fourth-order valence-corrected chi connectivity index (χ4v) is 0.356. The van der Waals surface area contributed by atoms with Crippen LogP contribution in [0.1, 0.15) is 13.8 Å². The van der Waals surface area contributed by atoms with Crippen LogP contribution in [0.4, 0.5) is 0 Å². The van der Waals surface area contributed by atoms with Gasteiger partial charge in [-0.15, -0.1) is 5.06 Å². The summed E-state index contributed by atoms with van der Waals surface area (Å²) in [5.74, 6) is -0.299. The summed E-state index contributed by atoms with van der Waals surface area (Å²) in [6.07, 6.45) is 1.71. The third-order valence-corrected chi connectivity index (χ3v) is 1.02.